The van der Waals surface area contributed by atoms with Gasteiger partial charge in [0.25, 0.3) is 0 Å². The van der Waals surface area contributed by atoms with Gasteiger partial charge in [-0.3, -0.25) is 4.99 Å². The third-order valence-corrected chi connectivity index (χ3v) is 5.76. The summed E-state index contributed by atoms with van der Waals surface area (Å²) < 4.78 is 13.3. The number of likely N-dealkylation sites (tertiary alicyclic amines) is 1. The number of fused-ring (bicyclic) bond motifs is 1. The van der Waals surface area contributed by atoms with Crippen LogP contribution in [0.15, 0.2) is 29.4 Å². The van der Waals surface area contributed by atoms with E-state index in [9.17, 15) is 4.39 Å². The van der Waals surface area contributed by atoms with Crippen molar-refractivity contribution in [3.8, 4) is 0 Å². The lowest BCUT2D eigenvalue weighted by molar-refractivity contribution is -0.0666. The van der Waals surface area contributed by atoms with Crippen LogP contribution in [-0.4, -0.2) is 41.5 Å². The first-order valence-electron chi connectivity index (χ1n) is 8.50. The number of H-pyrrole nitrogens is 1. The second kappa shape index (κ2) is 5.80. The first-order chi connectivity index (χ1) is 11.3. The maximum absolute atomic E-state index is 13.3. The maximum Gasteiger partial charge on any atom is 0.194 e. The molecule has 2 N–H and O–H groups in total. The van der Waals surface area contributed by atoms with E-state index in [4.69, 9.17) is 0 Å². The SMILES string of the molecule is CN=C(NCCc1c[nH]c2cc(F)ccc12)N1CC(C)(C)C1(C)C. The number of nitrogens with one attached hydrogen (secondary N) is 2. The lowest BCUT2D eigenvalue weighted by Crippen LogP contribution is -2.72. The molecule has 0 unspecified atom stereocenters. The molecule has 0 aliphatic carbocycles. The third kappa shape index (κ3) is 2.66. The zero-order valence-electron chi connectivity index (χ0n) is 15.2. The number of aromatic nitrogens is 1. The Labute approximate surface area is 143 Å². The average molecular weight is 330 g/mol. The zero-order chi connectivity index (χ0) is 17.5. The van der Waals surface area contributed by atoms with E-state index in [-0.39, 0.29) is 16.8 Å². The monoisotopic (exact) mass is 330 g/mol. The van der Waals surface area contributed by atoms with E-state index in [1.807, 2.05) is 19.3 Å². The number of rotatable bonds is 3. The van der Waals surface area contributed by atoms with Crippen molar-refractivity contribution in [2.45, 2.75) is 39.7 Å². The molecule has 0 radical (unpaired) electrons. The topological polar surface area (TPSA) is 43.4 Å². The van der Waals surface area contributed by atoms with E-state index >= 15 is 0 Å². The van der Waals surface area contributed by atoms with Gasteiger partial charge in [-0.25, -0.2) is 4.39 Å². The van der Waals surface area contributed by atoms with Gasteiger partial charge in [0.05, 0.1) is 0 Å². The number of hydrogen-bond acceptors (Lipinski definition) is 1. The van der Waals surface area contributed by atoms with Crippen LogP contribution in [0.4, 0.5) is 4.39 Å². The minimum absolute atomic E-state index is 0.0904. The Morgan fingerprint density at radius 1 is 1.33 bits per heavy atom. The van der Waals surface area contributed by atoms with Crippen molar-refractivity contribution in [2.24, 2.45) is 10.4 Å². The fourth-order valence-corrected chi connectivity index (χ4v) is 3.37. The molecule has 2 aromatic rings. The second-order valence-corrected chi connectivity index (χ2v) is 7.76. The van der Waals surface area contributed by atoms with Crippen LogP contribution in [-0.2, 0) is 6.42 Å². The summed E-state index contributed by atoms with van der Waals surface area (Å²) in [5, 5.41) is 4.55. The number of benzene rings is 1. The third-order valence-electron chi connectivity index (χ3n) is 5.76. The number of aromatic amines is 1. The van der Waals surface area contributed by atoms with Crippen molar-refractivity contribution < 1.29 is 4.39 Å². The highest BCUT2D eigenvalue weighted by molar-refractivity contribution is 5.84. The Morgan fingerprint density at radius 2 is 2.08 bits per heavy atom. The Balaban J connectivity index is 1.63. The van der Waals surface area contributed by atoms with Gasteiger partial charge in [0.1, 0.15) is 5.82 Å². The smallest absolute Gasteiger partial charge is 0.194 e. The predicted octanol–water partition coefficient (Wildman–Crippen LogP) is 3.55. The molecule has 24 heavy (non-hydrogen) atoms. The largest absolute Gasteiger partial charge is 0.361 e. The average Bonchev–Trinajstić information content (AvgIpc) is 2.92. The lowest BCUT2D eigenvalue weighted by atomic mass is 9.65. The van der Waals surface area contributed by atoms with Crippen LogP contribution in [0.25, 0.3) is 10.9 Å². The maximum atomic E-state index is 13.3. The molecule has 1 saturated heterocycles. The quantitative estimate of drug-likeness (QED) is 0.668. The number of nitrogens with zero attached hydrogens (tertiary/aromatic N) is 2. The molecule has 1 aromatic carbocycles. The Morgan fingerprint density at radius 3 is 2.71 bits per heavy atom. The summed E-state index contributed by atoms with van der Waals surface area (Å²) in [7, 11) is 1.83. The standard InChI is InChI=1S/C19H27FN4/c1-18(2)12-24(19(18,3)4)17(21-5)22-9-8-13-11-23-16-10-14(20)6-7-15(13)16/h6-7,10-11,23H,8-9,12H2,1-5H3,(H,21,22). The number of guanidine groups is 1. The van der Waals surface area contributed by atoms with Gasteiger partial charge in [0.15, 0.2) is 5.96 Å². The van der Waals surface area contributed by atoms with Gasteiger partial charge in [0.2, 0.25) is 0 Å². The molecule has 130 valence electrons. The van der Waals surface area contributed by atoms with Gasteiger partial charge in [-0.15, -0.1) is 0 Å². The summed E-state index contributed by atoms with van der Waals surface area (Å²) >= 11 is 0. The molecule has 1 fully saturated rings. The van der Waals surface area contributed by atoms with Crippen LogP contribution >= 0.6 is 0 Å². The number of hydrogen-bond donors (Lipinski definition) is 2. The van der Waals surface area contributed by atoms with Crippen molar-refractivity contribution in [3.05, 3.63) is 35.8 Å². The Bertz CT molecular complexity index is 773. The summed E-state index contributed by atoms with van der Waals surface area (Å²) in [5.74, 6) is 0.738. The molecule has 4 nitrogen and oxygen atoms in total. The van der Waals surface area contributed by atoms with E-state index < -0.39 is 0 Å². The number of aliphatic imine (C=N–C) groups is 1. The molecule has 5 heteroatoms. The van der Waals surface area contributed by atoms with Crippen LogP contribution in [0.2, 0.25) is 0 Å². The van der Waals surface area contributed by atoms with Gasteiger partial charge < -0.3 is 15.2 Å². The molecular formula is C19H27FN4. The van der Waals surface area contributed by atoms with Crippen LogP contribution in [0.5, 0.6) is 0 Å². The molecule has 2 heterocycles. The van der Waals surface area contributed by atoms with Gasteiger partial charge >= 0.3 is 0 Å². The summed E-state index contributed by atoms with van der Waals surface area (Å²) in [6.45, 7) is 10.9. The summed E-state index contributed by atoms with van der Waals surface area (Å²) in [6.07, 6.45) is 2.83. The summed E-state index contributed by atoms with van der Waals surface area (Å²) in [4.78, 5) is 9.91. The number of halogens is 1. The minimum atomic E-state index is -0.211. The molecule has 1 aliphatic heterocycles. The highest BCUT2D eigenvalue weighted by Crippen LogP contribution is 2.46. The van der Waals surface area contributed by atoms with E-state index in [0.717, 1.165) is 36.4 Å². The van der Waals surface area contributed by atoms with Crippen LogP contribution in [0, 0.1) is 11.2 Å². The van der Waals surface area contributed by atoms with Crippen LogP contribution < -0.4 is 5.32 Å². The second-order valence-electron chi connectivity index (χ2n) is 7.76. The normalized spacial score (nSPS) is 19.4. The van der Waals surface area contributed by atoms with E-state index in [1.165, 1.54) is 17.7 Å². The van der Waals surface area contributed by atoms with Crippen molar-refractivity contribution in [1.82, 2.24) is 15.2 Å². The Kier molecular flexibility index (Phi) is 4.06. The molecule has 0 atom stereocenters. The molecular weight excluding hydrogens is 303 g/mol. The fraction of sp³-hybridized carbons (Fsp3) is 0.526. The first-order valence-corrected chi connectivity index (χ1v) is 8.50. The van der Waals surface area contributed by atoms with Crippen LogP contribution in [0.1, 0.15) is 33.3 Å². The minimum Gasteiger partial charge on any atom is -0.361 e. The van der Waals surface area contributed by atoms with E-state index in [1.54, 1.807) is 0 Å². The molecule has 0 saturated carbocycles. The van der Waals surface area contributed by atoms with Gasteiger partial charge in [0, 0.05) is 48.2 Å². The van der Waals surface area contributed by atoms with Crippen LogP contribution in [0.3, 0.4) is 0 Å². The molecule has 1 aromatic heterocycles. The van der Waals surface area contributed by atoms with E-state index in [0.29, 0.717) is 0 Å². The van der Waals surface area contributed by atoms with Crippen molar-refractivity contribution in [2.75, 3.05) is 20.1 Å². The fourth-order valence-electron chi connectivity index (χ4n) is 3.37. The molecule has 1 aliphatic rings. The first kappa shape index (κ1) is 16.8. The van der Waals surface area contributed by atoms with Gasteiger partial charge in [-0.2, -0.15) is 0 Å². The van der Waals surface area contributed by atoms with Crippen molar-refractivity contribution in [1.29, 1.82) is 0 Å². The summed E-state index contributed by atoms with van der Waals surface area (Å²) in [5.41, 5.74) is 2.41. The Hall–Kier alpha value is -2.04. The molecule has 3 rings (SSSR count). The van der Waals surface area contributed by atoms with Gasteiger partial charge in [-0.1, -0.05) is 13.8 Å². The van der Waals surface area contributed by atoms with E-state index in [2.05, 4.69) is 47.9 Å². The zero-order valence-corrected chi connectivity index (χ0v) is 15.2. The molecule has 0 bridgehead atoms. The predicted molar refractivity (Wildman–Crippen MR) is 97.9 cm³/mol. The summed E-state index contributed by atoms with van der Waals surface area (Å²) in [6, 6.07) is 4.89. The highest BCUT2D eigenvalue weighted by atomic mass is 19.1. The molecule has 0 amide bonds. The van der Waals surface area contributed by atoms with Crippen molar-refractivity contribution in [3.63, 3.8) is 0 Å². The van der Waals surface area contributed by atoms with Gasteiger partial charge in [-0.05, 0) is 44.0 Å². The highest BCUT2D eigenvalue weighted by Gasteiger charge is 2.53. The van der Waals surface area contributed by atoms with Crippen molar-refractivity contribution >= 4 is 16.9 Å². The molecule has 0 spiro atoms. The lowest BCUT2D eigenvalue weighted by Gasteiger charge is -2.62.